The van der Waals surface area contributed by atoms with Crippen LogP contribution >= 0.6 is 0 Å². The van der Waals surface area contributed by atoms with Gasteiger partial charge in [0, 0.05) is 6.04 Å². The van der Waals surface area contributed by atoms with Gasteiger partial charge in [0.25, 0.3) is 0 Å². The smallest absolute Gasteiger partial charge is 0.246 e. The predicted octanol–water partition coefficient (Wildman–Crippen LogP) is 1.40. The van der Waals surface area contributed by atoms with Crippen molar-refractivity contribution in [3.63, 3.8) is 0 Å². The van der Waals surface area contributed by atoms with E-state index in [1.54, 1.807) is 4.90 Å². The maximum atomic E-state index is 12.3. The molecule has 0 bridgehead atoms. The van der Waals surface area contributed by atoms with E-state index >= 15 is 0 Å². The van der Waals surface area contributed by atoms with Gasteiger partial charge in [0.2, 0.25) is 11.8 Å². The predicted molar refractivity (Wildman–Crippen MR) is 67.4 cm³/mol. The zero-order chi connectivity index (χ0) is 13.4. The number of carbonyl (C=O) groups is 2. The molecule has 0 aromatic heterocycles. The first-order valence-electron chi connectivity index (χ1n) is 6.24. The number of hydrogen-bond donors (Lipinski definition) is 1. The highest BCUT2D eigenvalue weighted by Gasteiger charge is 2.39. The fourth-order valence-corrected chi connectivity index (χ4v) is 1.94. The molecule has 0 aliphatic carbocycles. The van der Waals surface area contributed by atoms with Gasteiger partial charge >= 0.3 is 0 Å². The van der Waals surface area contributed by atoms with E-state index in [1.807, 2.05) is 20.8 Å². The first-order chi connectivity index (χ1) is 7.64. The van der Waals surface area contributed by atoms with Gasteiger partial charge in [-0.1, -0.05) is 34.6 Å². The van der Waals surface area contributed by atoms with Crippen LogP contribution in [0.5, 0.6) is 0 Å². The van der Waals surface area contributed by atoms with Crippen LogP contribution in [-0.4, -0.2) is 35.3 Å². The number of hydrogen-bond acceptors (Lipinski definition) is 2. The third-order valence-electron chi connectivity index (χ3n) is 3.57. The number of nitrogens with zero attached hydrogens (tertiary/aromatic N) is 1. The van der Waals surface area contributed by atoms with Gasteiger partial charge in [-0.05, 0) is 18.3 Å². The van der Waals surface area contributed by atoms with Crippen LogP contribution in [0, 0.1) is 11.3 Å². The van der Waals surface area contributed by atoms with E-state index < -0.39 is 0 Å². The second-order valence-electron chi connectivity index (χ2n) is 6.30. The summed E-state index contributed by atoms with van der Waals surface area (Å²) in [6.07, 6.45) is 0. The van der Waals surface area contributed by atoms with Gasteiger partial charge in [-0.2, -0.15) is 0 Å². The minimum Gasteiger partial charge on any atom is -0.343 e. The van der Waals surface area contributed by atoms with E-state index in [0.717, 1.165) is 0 Å². The molecule has 1 N–H and O–H groups in total. The summed E-state index contributed by atoms with van der Waals surface area (Å²) in [4.78, 5) is 25.7. The highest BCUT2D eigenvalue weighted by atomic mass is 16.2. The largest absolute Gasteiger partial charge is 0.343 e. The molecule has 1 heterocycles. The molecule has 2 amide bonds. The number of nitrogens with one attached hydrogen (secondary N) is 1. The lowest BCUT2D eigenvalue weighted by Gasteiger charge is -2.42. The summed E-state index contributed by atoms with van der Waals surface area (Å²) in [6, 6.07) is -0.316. The van der Waals surface area contributed by atoms with Crippen molar-refractivity contribution in [3.8, 4) is 0 Å². The maximum Gasteiger partial charge on any atom is 0.246 e. The zero-order valence-electron chi connectivity index (χ0n) is 11.7. The van der Waals surface area contributed by atoms with Crippen LogP contribution in [0.4, 0.5) is 0 Å². The second kappa shape index (κ2) is 4.67. The number of rotatable bonds is 2. The van der Waals surface area contributed by atoms with Gasteiger partial charge in [0.1, 0.15) is 6.04 Å². The molecular formula is C13H24N2O2. The Morgan fingerprint density at radius 3 is 2.18 bits per heavy atom. The number of piperazine rings is 1. The summed E-state index contributed by atoms with van der Waals surface area (Å²) in [5.74, 6) is 0.114. The van der Waals surface area contributed by atoms with E-state index in [-0.39, 0.29) is 41.8 Å². The molecule has 17 heavy (non-hydrogen) atoms. The molecule has 2 atom stereocenters. The van der Waals surface area contributed by atoms with Crippen molar-refractivity contribution in [2.75, 3.05) is 6.54 Å². The molecule has 1 saturated heterocycles. The molecule has 2 unspecified atom stereocenters. The van der Waals surface area contributed by atoms with Gasteiger partial charge in [-0.15, -0.1) is 0 Å². The molecule has 0 spiro atoms. The molecule has 4 heteroatoms. The number of carbonyl (C=O) groups excluding carboxylic acids is 2. The third kappa shape index (κ3) is 2.99. The van der Waals surface area contributed by atoms with E-state index in [4.69, 9.17) is 0 Å². The molecule has 4 nitrogen and oxygen atoms in total. The minimum atomic E-state index is -0.374. The van der Waals surface area contributed by atoms with E-state index in [2.05, 4.69) is 26.1 Å². The summed E-state index contributed by atoms with van der Waals surface area (Å²) >= 11 is 0. The van der Waals surface area contributed by atoms with Crippen molar-refractivity contribution in [2.45, 2.75) is 53.6 Å². The Morgan fingerprint density at radius 1 is 1.24 bits per heavy atom. The summed E-state index contributed by atoms with van der Waals surface area (Å²) in [6.45, 7) is 12.3. The Balaban J connectivity index is 2.92. The summed E-state index contributed by atoms with van der Waals surface area (Å²) < 4.78 is 0. The molecule has 1 rings (SSSR count). The van der Waals surface area contributed by atoms with Crippen LogP contribution in [0.2, 0.25) is 0 Å². The van der Waals surface area contributed by atoms with Gasteiger partial charge in [0.15, 0.2) is 0 Å². The average molecular weight is 240 g/mol. The maximum absolute atomic E-state index is 12.3. The molecular weight excluding hydrogens is 216 g/mol. The third-order valence-corrected chi connectivity index (χ3v) is 3.57. The van der Waals surface area contributed by atoms with Crippen molar-refractivity contribution in [2.24, 2.45) is 11.3 Å². The molecule has 0 aromatic rings. The average Bonchev–Trinajstić information content (AvgIpc) is 2.18. The van der Waals surface area contributed by atoms with Gasteiger partial charge in [0.05, 0.1) is 6.54 Å². The van der Waals surface area contributed by atoms with Crippen LogP contribution in [0.3, 0.4) is 0 Å². The topological polar surface area (TPSA) is 49.4 Å². The molecule has 1 aliphatic heterocycles. The summed E-state index contributed by atoms with van der Waals surface area (Å²) in [7, 11) is 0. The fourth-order valence-electron chi connectivity index (χ4n) is 1.94. The Labute approximate surface area is 104 Å². The lowest BCUT2D eigenvalue weighted by atomic mass is 9.85. The Bertz CT molecular complexity index is 318. The van der Waals surface area contributed by atoms with Crippen molar-refractivity contribution in [3.05, 3.63) is 0 Å². The highest BCUT2D eigenvalue weighted by molar-refractivity contribution is 5.95. The highest BCUT2D eigenvalue weighted by Crippen LogP contribution is 2.26. The van der Waals surface area contributed by atoms with Gasteiger partial charge in [-0.25, -0.2) is 0 Å². The normalized spacial score (nSPS) is 23.9. The van der Waals surface area contributed by atoms with Crippen LogP contribution < -0.4 is 5.32 Å². The molecule has 0 aromatic carbocycles. The van der Waals surface area contributed by atoms with Gasteiger partial charge < -0.3 is 10.2 Å². The van der Waals surface area contributed by atoms with Crippen molar-refractivity contribution in [1.29, 1.82) is 0 Å². The van der Waals surface area contributed by atoms with Crippen LogP contribution in [0.15, 0.2) is 0 Å². The van der Waals surface area contributed by atoms with Crippen LogP contribution in [-0.2, 0) is 9.59 Å². The van der Waals surface area contributed by atoms with Crippen molar-refractivity contribution >= 4 is 11.8 Å². The van der Waals surface area contributed by atoms with Crippen LogP contribution in [0.1, 0.15) is 41.5 Å². The van der Waals surface area contributed by atoms with Crippen molar-refractivity contribution < 1.29 is 9.59 Å². The monoisotopic (exact) mass is 240 g/mol. The first-order valence-corrected chi connectivity index (χ1v) is 6.24. The van der Waals surface area contributed by atoms with E-state index in [1.165, 1.54) is 0 Å². The van der Waals surface area contributed by atoms with E-state index in [0.29, 0.717) is 0 Å². The van der Waals surface area contributed by atoms with E-state index in [9.17, 15) is 9.59 Å². The molecule has 0 saturated carbocycles. The number of amides is 2. The summed E-state index contributed by atoms with van der Waals surface area (Å²) in [5.41, 5.74) is -0.0190. The molecule has 1 aliphatic rings. The fraction of sp³-hybridized carbons (Fsp3) is 0.846. The Hall–Kier alpha value is -1.06. The quantitative estimate of drug-likeness (QED) is 0.793. The van der Waals surface area contributed by atoms with Gasteiger partial charge in [-0.3, -0.25) is 9.59 Å². The Kier molecular flexibility index (Phi) is 3.84. The minimum absolute atomic E-state index is 0.0190. The van der Waals surface area contributed by atoms with Crippen LogP contribution in [0.25, 0.3) is 0 Å². The standard InChI is InChI=1S/C13H24N2O2/c1-8(2)11-12(17)15(7-10(16)14-11)9(3)13(4,5)6/h8-9,11H,7H2,1-6H3,(H,14,16). The SMILES string of the molecule is CC(C)C1NC(=O)CN(C(C)C(C)(C)C)C1=O. The first kappa shape index (κ1) is 14.0. The molecule has 0 radical (unpaired) electrons. The summed E-state index contributed by atoms with van der Waals surface area (Å²) in [5, 5.41) is 2.77. The lowest BCUT2D eigenvalue weighted by Crippen LogP contribution is -2.63. The second-order valence-corrected chi connectivity index (χ2v) is 6.30. The van der Waals surface area contributed by atoms with Crippen molar-refractivity contribution in [1.82, 2.24) is 10.2 Å². The lowest BCUT2D eigenvalue weighted by molar-refractivity contribution is -0.149. The Morgan fingerprint density at radius 2 is 1.76 bits per heavy atom. The molecule has 1 fully saturated rings. The zero-order valence-corrected chi connectivity index (χ0v) is 11.7. The molecule has 98 valence electrons.